The molecule has 0 aromatic rings. The maximum atomic E-state index is 9.61. The number of aliphatic hydroxyl groups excluding tert-OH is 1. The van der Waals surface area contributed by atoms with Gasteiger partial charge in [-0.15, -0.1) is 0 Å². The van der Waals surface area contributed by atoms with Crippen LogP contribution >= 0.6 is 0 Å². The van der Waals surface area contributed by atoms with Gasteiger partial charge in [-0.1, -0.05) is 6.92 Å². The number of carbonyl (C=O) groups excluding carboxylic acids is 1. The fourth-order valence-corrected chi connectivity index (χ4v) is 0.278. The normalized spacial score (nSPS) is 13.4. The number of hydrogen-bond donors (Lipinski definition) is 1. The Labute approximate surface area is 43.2 Å². The van der Waals surface area contributed by atoms with Crippen molar-refractivity contribution in [3.8, 4) is 0 Å². The molecule has 1 N–H and O–H groups in total. The monoisotopic (exact) mass is 102 g/mol. The first-order chi connectivity index (χ1) is 3.31. The summed E-state index contributed by atoms with van der Waals surface area (Å²) in [5.41, 5.74) is 0. The largest absolute Gasteiger partial charge is 0.393 e. The van der Waals surface area contributed by atoms with E-state index in [0.717, 1.165) is 6.29 Å². The van der Waals surface area contributed by atoms with E-state index in [4.69, 9.17) is 5.11 Å². The minimum Gasteiger partial charge on any atom is -0.393 e. The summed E-state index contributed by atoms with van der Waals surface area (Å²) in [6, 6.07) is 0. The van der Waals surface area contributed by atoms with Crippen molar-refractivity contribution in [3.63, 3.8) is 0 Å². The van der Waals surface area contributed by atoms with E-state index in [1.807, 2.05) is 6.92 Å². The summed E-state index contributed by atoms with van der Waals surface area (Å²) in [4.78, 5) is 9.61. The van der Waals surface area contributed by atoms with Gasteiger partial charge < -0.3 is 9.90 Å². The number of rotatable bonds is 3. The van der Waals surface area contributed by atoms with Crippen molar-refractivity contribution in [2.75, 3.05) is 0 Å². The molecule has 2 heteroatoms. The van der Waals surface area contributed by atoms with Crippen molar-refractivity contribution in [1.82, 2.24) is 0 Å². The molecule has 1 atom stereocenters. The maximum absolute atomic E-state index is 9.61. The first-order valence-corrected chi connectivity index (χ1v) is 2.43. The molecule has 42 valence electrons. The minimum absolute atomic E-state index is 0.274. The Balaban J connectivity index is 2.98. The predicted octanol–water partition coefficient (Wildman–Crippen LogP) is 0.346. The van der Waals surface area contributed by atoms with Crippen LogP contribution in [0.5, 0.6) is 0 Å². The summed E-state index contributed by atoms with van der Waals surface area (Å²) in [6.45, 7) is 1.84. The van der Waals surface area contributed by atoms with Gasteiger partial charge in [-0.3, -0.25) is 0 Å². The molecule has 0 rings (SSSR count). The van der Waals surface area contributed by atoms with Crippen molar-refractivity contribution in [1.29, 1.82) is 0 Å². The molecule has 0 spiro atoms. The number of aliphatic hydroxyl groups is 1. The third-order valence-corrected chi connectivity index (χ3v) is 0.840. The molecule has 0 heterocycles. The summed E-state index contributed by atoms with van der Waals surface area (Å²) in [5.74, 6) is 0. The van der Waals surface area contributed by atoms with Crippen molar-refractivity contribution >= 4 is 6.29 Å². The Morgan fingerprint density at radius 1 is 1.86 bits per heavy atom. The van der Waals surface area contributed by atoms with Crippen LogP contribution in [0.15, 0.2) is 0 Å². The molecule has 0 aliphatic heterocycles. The zero-order valence-corrected chi connectivity index (χ0v) is 4.42. The highest BCUT2D eigenvalue weighted by molar-refractivity contribution is 5.49. The molecule has 0 aliphatic carbocycles. The van der Waals surface area contributed by atoms with E-state index in [2.05, 4.69) is 0 Å². The standard InChI is InChI=1S/C5H10O2/c1-2-5(7)3-4-6/h4-5,7H,2-3H2,1H3. The molecule has 0 radical (unpaired) electrons. The summed E-state index contributed by atoms with van der Waals surface area (Å²) in [5, 5.41) is 8.63. The molecule has 7 heavy (non-hydrogen) atoms. The van der Waals surface area contributed by atoms with Crippen LogP contribution in [0, 0.1) is 0 Å². The number of hydrogen-bond acceptors (Lipinski definition) is 2. The molecule has 0 fully saturated rings. The van der Waals surface area contributed by atoms with Gasteiger partial charge in [0.2, 0.25) is 0 Å². The van der Waals surface area contributed by atoms with Gasteiger partial charge in [0, 0.05) is 6.42 Å². The van der Waals surface area contributed by atoms with Gasteiger partial charge in [0.1, 0.15) is 6.29 Å². The van der Waals surface area contributed by atoms with Crippen molar-refractivity contribution in [3.05, 3.63) is 0 Å². The molecular weight excluding hydrogens is 92.1 g/mol. The minimum atomic E-state index is -0.419. The van der Waals surface area contributed by atoms with E-state index < -0.39 is 6.10 Å². The quantitative estimate of drug-likeness (QED) is 0.522. The summed E-state index contributed by atoms with van der Waals surface area (Å²) >= 11 is 0. The number of carbonyl (C=O) groups is 1. The van der Waals surface area contributed by atoms with E-state index in [1.165, 1.54) is 0 Å². The molecule has 2 nitrogen and oxygen atoms in total. The highest BCUT2D eigenvalue weighted by atomic mass is 16.3. The third-order valence-electron chi connectivity index (χ3n) is 0.840. The van der Waals surface area contributed by atoms with E-state index in [9.17, 15) is 4.79 Å². The van der Waals surface area contributed by atoms with E-state index in [0.29, 0.717) is 6.42 Å². The van der Waals surface area contributed by atoms with Crippen LogP contribution in [-0.2, 0) is 4.79 Å². The first-order valence-electron chi connectivity index (χ1n) is 2.43. The van der Waals surface area contributed by atoms with Gasteiger partial charge in [-0.05, 0) is 6.42 Å². The average molecular weight is 102 g/mol. The van der Waals surface area contributed by atoms with E-state index >= 15 is 0 Å². The van der Waals surface area contributed by atoms with E-state index in [-0.39, 0.29) is 6.42 Å². The van der Waals surface area contributed by atoms with Crippen molar-refractivity contribution < 1.29 is 9.90 Å². The second-order valence-electron chi connectivity index (χ2n) is 1.46. The molecule has 0 aromatic carbocycles. The van der Waals surface area contributed by atoms with Crippen LogP contribution in [0.2, 0.25) is 0 Å². The Hall–Kier alpha value is -0.370. The number of aldehydes is 1. The molecule has 0 bridgehead atoms. The summed E-state index contributed by atoms with van der Waals surface area (Å²) in [7, 11) is 0. The maximum Gasteiger partial charge on any atom is 0.122 e. The highest BCUT2D eigenvalue weighted by Crippen LogP contribution is 1.90. The Morgan fingerprint density at radius 2 is 2.43 bits per heavy atom. The third kappa shape index (κ3) is 3.46. The van der Waals surface area contributed by atoms with Crippen LogP contribution in [-0.4, -0.2) is 17.5 Å². The fourth-order valence-electron chi connectivity index (χ4n) is 0.278. The summed E-state index contributed by atoms with van der Waals surface area (Å²) < 4.78 is 0. The molecule has 0 aliphatic rings. The van der Waals surface area contributed by atoms with Crippen LogP contribution in [0.4, 0.5) is 0 Å². The average Bonchev–Trinajstić information content (AvgIpc) is 1.68. The smallest absolute Gasteiger partial charge is 0.122 e. The highest BCUT2D eigenvalue weighted by Gasteiger charge is 1.95. The Bertz CT molecular complexity index is 52.0. The second-order valence-corrected chi connectivity index (χ2v) is 1.46. The van der Waals surface area contributed by atoms with Crippen molar-refractivity contribution in [2.24, 2.45) is 0 Å². The lowest BCUT2D eigenvalue weighted by atomic mass is 10.2. The molecule has 0 amide bonds. The van der Waals surface area contributed by atoms with Crippen LogP contribution in [0.1, 0.15) is 19.8 Å². The van der Waals surface area contributed by atoms with Crippen LogP contribution in [0.25, 0.3) is 0 Å². The van der Waals surface area contributed by atoms with Gasteiger partial charge in [0.25, 0.3) is 0 Å². The molecule has 0 aromatic heterocycles. The molecule has 0 saturated carbocycles. The van der Waals surface area contributed by atoms with Crippen LogP contribution < -0.4 is 0 Å². The lowest BCUT2D eigenvalue weighted by Gasteiger charge is -1.97. The zero-order chi connectivity index (χ0) is 5.70. The lowest BCUT2D eigenvalue weighted by molar-refractivity contribution is -0.109. The molecule has 1 unspecified atom stereocenters. The van der Waals surface area contributed by atoms with Gasteiger partial charge >= 0.3 is 0 Å². The van der Waals surface area contributed by atoms with Crippen LogP contribution in [0.3, 0.4) is 0 Å². The predicted molar refractivity (Wildman–Crippen MR) is 27.0 cm³/mol. The van der Waals surface area contributed by atoms with Gasteiger partial charge in [0.05, 0.1) is 6.10 Å². The summed E-state index contributed by atoms with van der Waals surface area (Å²) in [6.07, 6.45) is 1.25. The topological polar surface area (TPSA) is 37.3 Å². The first kappa shape index (κ1) is 6.63. The van der Waals surface area contributed by atoms with Gasteiger partial charge in [-0.25, -0.2) is 0 Å². The second kappa shape index (κ2) is 3.81. The van der Waals surface area contributed by atoms with Gasteiger partial charge in [0.15, 0.2) is 0 Å². The van der Waals surface area contributed by atoms with Gasteiger partial charge in [-0.2, -0.15) is 0 Å². The van der Waals surface area contributed by atoms with E-state index in [1.54, 1.807) is 0 Å². The zero-order valence-electron chi connectivity index (χ0n) is 4.42. The molecular formula is C5H10O2. The molecule has 0 saturated heterocycles. The Morgan fingerprint density at radius 3 is 2.57 bits per heavy atom. The SMILES string of the molecule is CCC(O)CC=O. The lowest BCUT2D eigenvalue weighted by Crippen LogP contribution is -2.03. The van der Waals surface area contributed by atoms with Crippen molar-refractivity contribution in [2.45, 2.75) is 25.9 Å². The fraction of sp³-hybridized carbons (Fsp3) is 0.800. The Kier molecular flexibility index (Phi) is 3.61.